The Kier molecular flexibility index (Phi) is 5.41. The molecule has 6 nitrogen and oxygen atoms in total. The molecule has 1 unspecified atom stereocenters. The Morgan fingerprint density at radius 3 is 2.52 bits per heavy atom. The van der Waals surface area contributed by atoms with Crippen molar-refractivity contribution < 1.29 is 9.53 Å². The minimum atomic E-state index is -0.238. The third-order valence-corrected chi connectivity index (χ3v) is 4.00. The van der Waals surface area contributed by atoms with Crippen molar-refractivity contribution in [2.75, 3.05) is 0 Å². The average molecular weight is 337 g/mol. The molecule has 0 saturated carbocycles. The van der Waals surface area contributed by atoms with Crippen molar-refractivity contribution in [1.29, 1.82) is 0 Å². The Balaban J connectivity index is 1.65. The van der Waals surface area contributed by atoms with Crippen LogP contribution < -0.4 is 5.56 Å². The van der Waals surface area contributed by atoms with E-state index in [9.17, 15) is 9.59 Å². The van der Waals surface area contributed by atoms with Gasteiger partial charge in [0, 0.05) is 31.3 Å². The number of rotatable bonds is 8. The lowest BCUT2D eigenvalue weighted by Crippen LogP contribution is -2.19. The van der Waals surface area contributed by atoms with Gasteiger partial charge in [0.1, 0.15) is 6.10 Å². The van der Waals surface area contributed by atoms with E-state index in [0.29, 0.717) is 25.9 Å². The predicted octanol–water partition coefficient (Wildman–Crippen LogP) is 1.95. The van der Waals surface area contributed by atoms with Crippen LogP contribution in [0.25, 0.3) is 0 Å². The van der Waals surface area contributed by atoms with Crippen LogP contribution in [-0.2, 0) is 28.9 Å². The summed E-state index contributed by atoms with van der Waals surface area (Å²) in [5, 5.41) is 6.66. The summed E-state index contributed by atoms with van der Waals surface area (Å²) in [4.78, 5) is 22.5. The first-order valence-corrected chi connectivity index (χ1v) is 8.04. The van der Waals surface area contributed by atoms with Gasteiger partial charge in [0.05, 0.1) is 12.7 Å². The molecule has 6 heteroatoms. The second-order valence-electron chi connectivity index (χ2n) is 5.85. The van der Waals surface area contributed by atoms with Crippen LogP contribution in [0.5, 0.6) is 0 Å². The van der Waals surface area contributed by atoms with Crippen LogP contribution in [0, 0.1) is 0 Å². The van der Waals surface area contributed by atoms with Gasteiger partial charge in [0.15, 0.2) is 0 Å². The maximum Gasteiger partial charge on any atom is 0.293 e. The molecular weight excluding hydrogens is 318 g/mol. The standard InChI is InChI=1S/C19H19N3O3/c23-14-25-18(10-17-11-20-21-12-17)9-15-4-6-16(7-5-15)13-22-8-2-1-3-19(22)24/h1-8,11-12,14,18H,9-10,13H2,(H,20,21). The van der Waals surface area contributed by atoms with Crippen molar-refractivity contribution in [3.05, 3.63) is 88.1 Å². The number of carbonyl (C=O) groups excluding carboxylic acids is 1. The first-order chi connectivity index (χ1) is 12.2. The summed E-state index contributed by atoms with van der Waals surface area (Å²) in [7, 11) is 0. The van der Waals surface area contributed by atoms with E-state index < -0.39 is 0 Å². The van der Waals surface area contributed by atoms with Gasteiger partial charge in [-0.25, -0.2) is 0 Å². The van der Waals surface area contributed by atoms with Crippen LogP contribution in [0.1, 0.15) is 16.7 Å². The molecule has 0 saturated heterocycles. The van der Waals surface area contributed by atoms with Gasteiger partial charge >= 0.3 is 0 Å². The molecule has 0 radical (unpaired) electrons. The van der Waals surface area contributed by atoms with Crippen LogP contribution in [0.15, 0.2) is 65.8 Å². The van der Waals surface area contributed by atoms with Gasteiger partial charge < -0.3 is 9.30 Å². The number of nitrogens with zero attached hydrogens (tertiary/aromatic N) is 2. The molecular formula is C19H19N3O3. The minimum Gasteiger partial charge on any atom is -0.464 e. The van der Waals surface area contributed by atoms with Crippen LogP contribution >= 0.6 is 0 Å². The van der Waals surface area contributed by atoms with E-state index in [4.69, 9.17) is 4.74 Å². The zero-order valence-electron chi connectivity index (χ0n) is 13.7. The second-order valence-corrected chi connectivity index (χ2v) is 5.85. The fourth-order valence-electron chi connectivity index (χ4n) is 2.73. The lowest BCUT2D eigenvalue weighted by molar-refractivity contribution is -0.133. The number of nitrogens with one attached hydrogen (secondary N) is 1. The van der Waals surface area contributed by atoms with Crippen molar-refractivity contribution in [2.45, 2.75) is 25.5 Å². The van der Waals surface area contributed by atoms with Crippen molar-refractivity contribution in [1.82, 2.24) is 14.8 Å². The molecule has 0 aliphatic heterocycles. The number of hydrogen-bond donors (Lipinski definition) is 1. The molecule has 2 aromatic heterocycles. The van der Waals surface area contributed by atoms with E-state index >= 15 is 0 Å². The first-order valence-electron chi connectivity index (χ1n) is 8.04. The number of aromatic amines is 1. The number of ether oxygens (including phenoxy) is 1. The number of pyridine rings is 1. The van der Waals surface area contributed by atoms with E-state index in [1.165, 1.54) is 0 Å². The van der Waals surface area contributed by atoms with Gasteiger partial charge in [-0.1, -0.05) is 30.3 Å². The molecule has 1 aromatic carbocycles. The Labute approximate surface area is 145 Å². The molecule has 3 rings (SSSR count). The molecule has 1 N–H and O–H groups in total. The largest absolute Gasteiger partial charge is 0.464 e. The summed E-state index contributed by atoms with van der Waals surface area (Å²) in [6, 6.07) is 13.1. The van der Waals surface area contributed by atoms with E-state index in [2.05, 4.69) is 10.2 Å². The summed E-state index contributed by atoms with van der Waals surface area (Å²) in [6.07, 6.45) is 6.28. The van der Waals surface area contributed by atoms with Gasteiger partial charge in [-0.05, 0) is 22.8 Å². The van der Waals surface area contributed by atoms with Crippen LogP contribution in [0.4, 0.5) is 0 Å². The van der Waals surface area contributed by atoms with E-state index in [-0.39, 0.29) is 11.7 Å². The summed E-state index contributed by atoms with van der Waals surface area (Å²) in [5.74, 6) is 0. The Bertz CT molecular complexity index is 854. The molecule has 3 aromatic rings. The zero-order valence-corrected chi connectivity index (χ0v) is 13.7. The van der Waals surface area contributed by atoms with Crippen molar-refractivity contribution >= 4 is 6.47 Å². The quantitative estimate of drug-likeness (QED) is 0.637. The van der Waals surface area contributed by atoms with Crippen molar-refractivity contribution in [2.24, 2.45) is 0 Å². The third kappa shape index (κ3) is 4.67. The highest BCUT2D eigenvalue weighted by molar-refractivity contribution is 5.38. The first kappa shape index (κ1) is 16.7. The van der Waals surface area contributed by atoms with Crippen LogP contribution in [0.3, 0.4) is 0 Å². The van der Waals surface area contributed by atoms with Gasteiger partial charge in [0.2, 0.25) is 0 Å². The van der Waals surface area contributed by atoms with Crippen molar-refractivity contribution in [3.63, 3.8) is 0 Å². The topological polar surface area (TPSA) is 77.0 Å². The molecule has 0 bridgehead atoms. The second kappa shape index (κ2) is 8.10. The maximum absolute atomic E-state index is 11.8. The summed E-state index contributed by atoms with van der Waals surface area (Å²) in [5.41, 5.74) is 3.08. The summed E-state index contributed by atoms with van der Waals surface area (Å²) < 4.78 is 6.85. The molecule has 0 aliphatic carbocycles. The van der Waals surface area contributed by atoms with Crippen LogP contribution in [0.2, 0.25) is 0 Å². The predicted molar refractivity (Wildman–Crippen MR) is 93.2 cm³/mol. The maximum atomic E-state index is 11.8. The lowest BCUT2D eigenvalue weighted by Gasteiger charge is -2.15. The lowest BCUT2D eigenvalue weighted by atomic mass is 10.0. The highest BCUT2D eigenvalue weighted by Crippen LogP contribution is 2.12. The SMILES string of the molecule is O=COC(Cc1ccc(Cn2ccccc2=O)cc1)Cc1cn[nH]c1. The highest BCUT2D eigenvalue weighted by Gasteiger charge is 2.12. The Morgan fingerprint density at radius 1 is 1.08 bits per heavy atom. The van der Waals surface area contributed by atoms with Gasteiger partial charge in [0.25, 0.3) is 12.0 Å². The molecule has 128 valence electrons. The number of aromatic nitrogens is 3. The van der Waals surface area contributed by atoms with E-state index in [0.717, 1.165) is 16.7 Å². The van der Waals surface area contributed by atoms with E-state index in [1.807, 2.05) is 30.3 Å². The summed E-state index contributed by atoms with van der Waals surface area (Å²) in [6.45, 7) is 1.02. The number of carbonyl (C=O) groups is 1. The Morgan fingerprint density at radius 2 is 1.84 bits per heavy atom. The van der Waals surface area contributed by atoms with Crippen LogP contribution in [-0.4, -0.2) is 27.3 Å². The van der Waals surface area contributed by atoms with Gasteiger partial charge in [-0.15, -0.1) is 0 Å². The zero-order chi connectivity index (χ0) is 17.5. The minimum absolute atomic E-state index is 0.0221. The monoisotopic (exact) mass is 337 g/mol. The number of hydrogen-bond acceptors (Lipinski definition) is 4. The third-order valence-electron chi connectivity index (χ3n) is 4.00. The molecule has 0 amide bonds. The molecule has 0 spiro atoms. The normalized spacial score (nSPS) is 11.8. The van der Waals surface area contributed by atoms with Crippen molar-refractivity contribution in [3.8, 4) is 0 Å². The fourth-order valence-corrected chi connectivity index (χ4v) is 2.73. The molecule has 0 aliphatic rings. The highest BCUT2D eigenvalue weighted by atomic mass is 16.5. The number of benzene rings is 1. The Hall–Kier alpha value is -3.15. The molecule has 25 heavy (non-hydrogen) atoms. The fraction of sp³-hybridized carbons (Fsp3) is 0.211. The average Bonchev–Trinajstić information content (AvgIpc) is 3.12. The smallest absolute Gasteiger partial charge is 0.293 e. The molecule has 1 atom stereocenters. The molecule has 2 heterocycles. The van der Waals surface area contributed by atoms with Gasteiger partial charge in [-0.2, -0.15) is 5.10 Å². The number of H-pyrrole nitrogens is 1. The summed E-state index contributed by atoms with van der Waals surface area (Å²) >= 11 is 0. The van der Waals surface area contributed by atoms with E-state index in [1.54, 1.807) is 35.3 Å². The molecule has 0 fully saturated rings. The van der Waals surface area contributed by atoms with Gasteiger partial charge in [-0.3, -0.25) is 14.7 Å².